The molecule has 3 N–H and O–H groups in total. The lowest BCUT2D eigenvalue weighted by atomic mass is 10.1. The Morgan fingerprint density at radius 1 is 1.23 bits per heavy atom. The van der Waals surface area contributed by atoms with Crippen molar-refractivity contribution in [2.45, 2.75) is 4.90 Å². The highest BCUT2D eigenvalue weighted by Gasteiger charge is 2.26. The number of aliphatic hydroxyl groups excluding tert-OH is 1. The standard InChI is InChI=1S/C19H14ClN3O6S2/c20-15-7-12(31(27,28)22-3-4-24)1-2-13(15)14-9-21-8-10-5-11(29-17(10)14)6-16-18(25)23-19(26)30-16/h1-2,5-9,22,24H,3-4H2,(H,23,25,26)/b16-6-. The lowest BCUT2D eigenvalue weighted by Crippen LogP contribution is -2.26. The van der Waals surface area contributed by atoms with Gasteiger partial charge >= 0.3 is 0 Å². The summed E-state index contributed by atoms with van der Waals surface area (Å²) < 4.78 is 32.6. The molecule has 12 heteroatoms. The van der Waals surface area contributed by atoms with E-state index in [9.17, 15) is 18.0 Å². The number of benzene rings is 1. The minimum Gasteiger partial charge on any atom is -0.456 e. The van der Waals surface area contributed by atoms with Crippen molar-refractivity contribution in [3.8, 4) is 11.1 Å². The van der Waals surface area contributed by atoms with Gasteiger partial charge in [0.25, 0.3) is 11.1 Å². The average molecular weight is 480 g/mol. The molecule has 31 heavy (non-hydrogen) atoms. The molecule has 4 rings (SSSR count). The van der Waals surface area contributed by atoms with Gasteiger partial charge in [0.05, 0.1) is 16.4 Å². The van der Waals surface area contributed by atoms with Gasteiger partial charge in [0.2, 0.25) is 10.0 Å². The largest absolute Gasteiger partial charge is 0.456 e. The summed E-state index contributed by atoms with van der Waals surface area (Å²) in [6.45, 7) is -0.443. The van der Waals surface area contributed by atoms with Crippen LogP contribution in [0.5, 0.6) is 0 Å². The van der Waals surface area contributed by atoms with Crippen LogP contribution < -0.4 is 10.0 Å². The molecule has 1 aliphatic heterocycles. The first-order chi connectivity index (χ1) is 14.8. The number of aromatic nitrogens is 1. The molecule has 0 aliphatic carbocycles. The van der Waals surface area contributed by atoms with Gasteiger partial charge in [-0.2, -0.15) is 0 Å². The van der Waals surface area contributed by atoms with E-state index in [0.29, 0.717) is 27.9 Å². The molecule has 9 nitrogen and oxygen atoms in total. The van der Waals surface area contributed by atoms with E-state index < -0.39 is 21.2 Å². The van der Waals surface area contributed by atoms with Crippen LogP contribution in [0.15, 0.2) is 50.9 Å². The maximum absolute atomic E-state index is 12.2. The van der Waals surface area contributed by atoms with Crippen molar-refractivity contribution in [2.24, 2.45) is 0 Å². The number of nitrogens with zero attached hydrogens (tertiary/aromatic N) is 1. The number of carbonyl (C=O) groups excluding carboxylic acids is 2. The van der Waals surface area contributed by atoms with Crippen molar-refractivity contribution in [3.05, 3.63) is 52.3 Å². The molecule has 3 aromatic rings. The van der Waals surface area contributed by atoms with E-state index in [1.807, 2.05) is 0 Å². The van der Waals surface area contributed by atoms with E-state index in [0.717, 1.165) is 11.8 Å². The van der Waals surface area contributed by atoms with E-state index in [1.54, 1.807) is 12.3 Å². The number of rotatable bonds is 6. The maximum Gasteiger partial charge on any atom is 0.290 e. The summed E-state index contributed by atoms with van der Waals surface area (Å²) in [6.07, 6.45) is 4.56. The number of aliphatic hydroxyl groups is 1. The highest BCUT2D eigenvalue weighted by Crippen LogP contribution is 2.36. The van der Waals surface area contributed by atoms with Crippen molar-refractivity contribution in [1.29, 1.82) is 0 Å². The number of amides is 2. The minimum atomic E-state index is -3.81. The second kappa shape index (κ2) is 8.44. The van der Waals surface area contributed by atoms with Crippen LogP contribution in [0.2, 0.25) is 5.02 Å². The first-order valence-electron chi connectivity index (χ1n) is 8.81. The maximum atomic E-state index is 12.2. The fourth-order valence-electron chi connectivity index (χ4n) is 2.94. The Labute approximate surface area is 185 Å². The van der Waals surface area contributed by atoms with Gasteiger partial charge in [-0.05, 0) is 30.0 Å². The molecule has 1 aromatic carbocycles. The molecule has 1 aliphatic rings. The van der Waals surface area contributed by atoms with Crippen molar-refractivity contribution >= 4 is 61.6 Å². The zero-order valence-electron chi connectivity index (χ0n) is 15.6. The van der Waals surface area contributed by atoms with Crippen LogP contribution in [0, 0.1) is 0 Å². The van der Waals surface area contributed by atoms with Gasteiger partial charge in [0.1, 0.15) is 11.3 Å². The van der Waals surface area contributed by atoms with E-state index in [-0.39, 0.29) is 28.0 Å². The number of thioether (sulfide) groups is 1. The lowest BCUT2D eigenvalue weighted by Gasteiger charge is -2.09. The minimum absolute atomic E-state index is 0.0476. The molecule has 0 radical (unpaired) electrons. The number of hydrogen-bond donors (Lipinski definition) is 3. The summed E-state index contributed by atoms with van der Waals surface area (Å²) in [7, 11) is -3.81. The topological polar surface area (TPSA) is 139 Å². The van der Waals surface area contributed by atoms with Crippen molar-refractivity contribution < 1.29 is 27.5 Å². The number of hydrogen-bond acceptors (Lipinski definition) is 8. The van der Waals surface area contributed by atoms with Crippen LogP contribution in [-0.4, -0.2) is 42.8 Å². The number of furan rings is 1. The zero-order chi connectivity index (χ0) is 22.2. The highest BCUT2D eigenvalue weighted by molar-refractivity contribution is 8.18. The summed E-state index contributed by atoms with van der Waals surface area (Å²) in [5, 5.41) is 11.3. The van der Waals surface area contributed by atoms with Crippen LogP contribution in [0.1, 0.15) is 5.76 Å². The number of carbonyl (C=O) groups is 2. The smallest absolute Gasteiger partial charge is 0.290 e. The summed E-state index contributed by atoms with van der Waals surface area (Å²) in [6, 6.07) is 5.88. The van der Waals surface area contributed by atoms with Gasteiger partial charge in [0.15, 0.2) is 0 Å². The Balaban J connectivity index is 1.73. The first kappa shape index (κ1) is 21.5. The highest BCUT2D eigenvalue weighted by atomic mass is 35.5. The van der Waals surface area contributed by atoms with Crippen molar-refractivity contribution in [1.82, 2.24) is 15.0 Å². The number of halogens is 1. The van der Waals surface area contributed by atoms with Crippen LogP contribution in [0.4, 0.5) is 4.79 Å². The molecule has 1 fully saturated rings. The number of nitrogens with one attached hydrogen (secondary N) is 2. The lowest BCUT2D eigenvalue weighted by molar-refractivity contribution is -0.115. The van der Waals surface area contributed by atoms with Crippen LogP contribution in [0.3, 0.4) is 0 Å². The molecule has 3 heterocycles. The van der Waals surface area contributed by atoms with Crippen LogP contribution >= 0.6 is 23.4 Å². The normalized spacial score (nSPS) is 15.7. The molecule has 0 bridgehead atoms. The molecule has 160 valence electrons. The van der Waals surface area contributed by atoms with Gasteiger partial charge in [-0.25, -0.2) is 13.1 Å². The third-order valence-electron chi connectivity index (χ3n) is 4.30. The molecule has 2 aromatic heterocycles. The number of pyridine rings is 1. The fraction of sp³-hybridized carbons (Fsp3) is 0.105. The monoisotopic (exact) mass is 479 g/mol. The molecule has 0 spiro atoms. The van der Waals surface area contributed by atoms with E-state index in [1.165, 1.54) is 30.5 Å². The van der Waals surface area contributed by atoms with Crippen LogP contribution in [0.25, 0.3) is 28.2 Å². The molecular weight excluding hydrogens is 466 g/mol. The van der Waals surface area contributed by atoms with Gasteiger partial charge < -0.3 is 9.52 Å². The third kappa shape index (κ3) is 4.36. The average Bonchev–Trinajstić information content (AvgIpc) is 3.28. The van der Waals surface area contributed by atoms with E-state index >= 15 is 0 Å². The van der Waals surface area contributed by atoms with Gasteiger partial charge in [-0.1, -0.05) is 17.7 Å². The van der Waals surface area contributed by atoms with Crippen molar-refractivity contribution in [3.63, 3.8) is 0 Å². The second-order valence-electron chi connectivity index (χ2n) is 6.37. The Kier molecular flexibility index (Phi) is 5.86. The van der Waals surface area contributed by atoms with Crippen LogP contribution in [-0.2, 0) is 14.8 Å². The summed E-state index contributed by atoms with van der Waals surface area (Å²) >= 11 is 7.14. The molecule has 0 saturated carbocycles. The second-order valence-corrected chi connectivity index (χ2v) is 9.56. The molecule has 2 amide bonds. The molecule has 1 saturated heterocycles. The van der Waals surface area contributed by atoms with Gasteiger partial charge in [-0.15, -0.1) is 0 Å². The van der Waals surface area contributed by atoms with Gasteiger partial charge in [0, 0.05) is 46.6 Å². The molecule has 0 unspecified atom stereocenters. The van der Waals surface area contributed by atoms with Gasteiger partial charge in [-0.3, -0.25) is 19.9 Å². The summed E-state index contributed by atoms with van der Waals surface area (Å²) in [4.78, 5) is 27.4. The molecule has 0 atom stereocenters. The number of sulfonamides is 1. The molecular formula is C19H14ClN3O6S2. The predicted octanol–water partition coefficient (Wildman–Crippen LogP) is 2.74. The first-order valence-corrected chi connectivity index (χ1v) is 11.5. The predicted molar refractivity (Wildman–Crippen MR) is 116 cm³/mol. The quantitative estimate of drug-likeness (QED) is 0.459. The summed E-state index contributed by atoms with van der Waals surface area (Å²) in [5.41, 5.74) is 1.46. The van der Waals surface area contributed by atoms with E-state index in [2.05, 4.69) is 15.0 Å². The third-order valence-corrected chi connectivity index (χ3v) is 6.88. The Hall–Kier alpha value is -2.70. The SMILES string of the molecule is O=C1NC(=O)/C(=C/c2cc3cncc(-c4ccc(S(=O)(=O)NCCO)cc4Cl)c3o2)S1. The number of fused-ring (bicyclic) bond motifs is 1. The Morgan fingerprint density at radius 3 is 2.71 bits per heavy atom. The number of imide groups is 1. The van der Waals surface area contributed by atoms with E-state index in [4.69, 9.17) is 21.1 Å². The summed E-state index contributed by atoms with van der Waals surface area (Å²) in [5.74, 6) is -0.149. The Bertz CT molecular complexity index is 1350. The van der Waals surface area contributed by atoms with Crippen molar-refractivity contribution in [2.75, 3.05) is 13.2 Å². The zero-order valence-corrected chi connectivity index (χ0v) is 18.0. The Morgan fingerprint density at radius 2 is 2.03 bits per heavy atom. The fourth-order valence-corrected chi connectivity index (χ4v) is 5.00.